The summed E-state index contributed by atoms with van der Waals surface area (Å²) in [5.41, 5.74) is 5.09. The highest BCUT2D eigenvalue weighted by Crippen LogP contribution is 2.21. The van der Waals surface area contributed by atoms with E-state index in [1.807, 2.05) is 73.7 Å². The van der Waals surface area contributed by atoms with E-state index in [9.17, 15) is 4.79 Å². The smallest absolute Gasteiger partial charge is 0.228 e. The van der Waals surface area contributed by atoms with E-state index in [2.05, 4.69) is 16.7 Å². The number of nitrogens with one attached hydrogen (secondary N) is 2. The highest BCUT2D eigenvalue weighted by molar-refractivity contribution is 5.92. The Morgan fingerprint density at radius 2 is 1.58 bits per heavy atom. The standard InChI is InChI=1S/C22H19N3O/c1-16-6-8-17(9-7-16)14-22(26)25-20-12-10-19(11-13-20)24-21-5-3-2-4-18(21)15-23/h2-13,24H,14H2,1H3,(H,25,26). The van der Waals surface area contributed by atoms with Crippen molar-refractivity contribution in [2.45, 2.75) is 13.3 Å². The number of nitrogens with zero attached hydrogens (tertiary/aromatic N) is 1. The number of rotatable bonds is 5. The van der Waals surface area contributed by atoms with Gasteiger partial charge in [-0.05, 0) is 48.9 Å². The van der Waals surface area contributed by atoms with E-state index in [1.165, 1.54) is 5.56 Å². The fourth-order valence-electron chi connectivity index (χ4n) is 2.58. The SMILES string of the molecule is Cc1ccc(CC(=O)Nc2ccc(Nc3ccccc3C#N)cc2)cc1. The van der Waals surface area contributed by atoms with E-state index in [1.54, 1.807) is 6.07 Å². The molecule has 1 amide bonds. The number of amides is 1. The molecule has 0 saturated heterocycles. The Morgan fingerprint density at radius 3 is 2.27 bits per heavy atom. The number of benzene rings is 3. The molecule has 2 N–H and O–H groups in total. The summed E-state index contributed by atoms with van der Waals surface area (Å²) < 4.78 is 0. The molecule has 0 saturated carbocycles. The van der Waals surface area contributed by atoms with Gasteiger partial charge in [-0.25, -0.2) is 0 Å². The molecule has 0 aliphatic carbocycles. The van der Waals surface area contributed by atoms with Crippen LogP contribution in [0.5, 0.6) is 0 Å². The van der Waals surface area contributed by atoms with Crippen LogP contribution >= 0.6 is 0 Å². The number of para-hydroxylation sites is 1. The number of anilines is 3. The van der Waals surface area contributed by atoms with Crippen LogP contribution < -0.4 is 10.6 Å². The van der Waals surface area contributed by atoms with Crippen LogP contribution in [0.15, 0.2) is 72.8 Å². The molecule has 0 bridgehead atoms. The molecule has 26 heavy (non-hydrogen) atoms. The molecule has 3 rings (SSSR count). The summed E-state index contributed by atoms with van der Waals surface area (Å²) >= 11 is 0. The number of hydrogen-bond donors (Lipinski definition) is 2. The van der Waals surface area contributed by atoms with E-state index in [-0.39, 0.29) is 5.91 Å². The van der Waals surface area contributed by atoms with Gasteiger partial charge in [0.15, 0.2) is 0 Å². The minimum atomic E-state index is -0.0515. The van der Waals surface area contributed by atoms with Gasteiger partial charge in [0.2, 0.25) is 5.91 Å². The number of carbonyl (C=O) groups excluding carboxylic acids is 1. The van der Waals surface area contributed by atoms with Crippen molar-refractivity contribution in [3.05, 3.63) is 89.5 Å². The maximum atomic E-state index is 12.2. The first-order chi connectivity index (χ1) is 12.6. The zero-order valence-corrected chi connectivity index (χ0v) is 14.5. The fraction of sp³-hybridized carbons (Fsp3) is 0.0909. The first kappa shape index (κ1) is 17.2. The van der Waals surface area contributed by atoms with E-state index in [0.717, 1.165) is 22.6 Å². The zero-order chi connectivity index (χ0) is 18.4. The Kier molecular flexibility index (Phi) is 5.31. The van der Waals surface area contributed by atoms with E-state index < -0.39 is 0 Å². The Bertz CT molecular complexity index is 938. The molecular formula is C22H19N3O. The second-order valence-corrected chi connectivity index (χ2v) is 6.07. The summed E-state index contributed by atoms with van der Waals surface area (Å²) in [7, 11) is 0. The van der Waals surface area contributed by atoms with Crippen LogP contribution in [0.3, 0.4) is 0 Å². The molecule has 128 valence electrons. The molecule has 0 aromatic heterocycles. The molecular weight excluding hydrogens is 322 g/mol. The van der Waals surface area contributed by atoms with Gasteiger partial charge < -0.3 is 10.6 Å². The predicted octanol–water partition coefficient (Wildman–Crippen LogP) is 4.79. The Morgan fingerprint density at radius 1 is 0.923 bits per heavy atom. The first-order valence-electron chi connectivity index (χ1n) is 8.35. The minimum absolute atomic E-state index is 0.0515. The van der Waals surface area contributed by atoms with Gasteiger partial charge in [-0.2, -0.15) is 5.26 Å². The fourth-order valence-corrected chi connectivity index (χ4v) is 2.58. The van der Waals surface area contributed by atoms with Crippen molar-refractivity contribution >= 4 is 23.0 Å². The summed E-state index contributed by atoms with van der Waals surface area (Å²) in [6, 6.07) is 24.8. The van der Waals surface area contributed by atoms with Gasteiger partial charge in [0.05, 0.1) is 17.7 Å². The maximum Gasteiger partial charge on any atom is 0.228 e. The molecule has 0 spiro atoms. The van der Waals surface area contributed by atoms with Crippen molar-refractivity contribution in [1.82, 2.24) is 0 Å². The van der Waals surface area contributed by atoms with Gasteiger partial charge in [0.25, 0.3) is 0 Å². The molecule has 0 aliphatic heterocycles. The molecule has 4 heteroatoms. The molecule has 0 heterocycles. The topological polar surface area (TPSA) is 64.9 Å². The van der Waals surface area contributed by atoms with Crippen LogP contribution in [0.1, 0.15) is 16.7 Å². The predicted molar refractivity (Wildman–Crippen MR) is 104 cm³/mol. The normalized spacial score (nSPS) is 10.0. The first-order valence-corrected chi connectivity index (χ1v) is 8.35. The van der Waals surface area contributed by atoms with E-state index in [4.69, 9.17) is 5.26 Å². The van der Waals surface area contributed by atoms with Crippen molar-refractivity contribution in [3.63, 3.8) is 0 Å². The maximum absolute atomic E-state index is 12.2. The van der Waals surface area contributed by atoms with Gasteiger partial charge >= 0.3 is 0 Å². The molecule has 0 unspecified atom stereocenters. The third-order valence-electron chi connectivity index (χ3n) is 3.98. The third-order valence-corrected chi connectivity index (χ3v) is 3.98. The van der Waals surface area contributed by atoms with Crippen molar-refractivity contribution in [2.75, 3.05) is 10.6 Å². The van der Waals surface area contributed by atoms with Crippen molar-refractivity contribution in [1.29, 1.82) is 5.26 Å². The Hall–Kier alpha value is -3.58. The molecule has 0 aliphatic rings. The largest absolute Gasteiger partial charge is 0.354 e. The zero-order valence-electron chi connectivity index (χ0n) is 14.5. The summed E-state index contributed by atoms with van der Waals surface area (Å²) in [5.74, 6) is -0.0515. The van der Waals surface area contributed by atoms with Crippen LogP contribution in [-0.2, 0) is 11.2 Å². The van der Waals surface area contributed by atoms with Gasteiger partial charge in [0, 0.05) is 11.4 Å². The van der Waals surface area contributed by atoms with Crippen LogP contribution in [0.25, 0.3) is 0 Å². The lowest BCUT2D eigenvalue weighted by atomic mass is 10.1. The second kappa shape index (κ2) is 8.00. The molecule has 0 fully saturated rings. The summed E-state index contributed by atoms with van der Waals surface area (Å²) in [6.45, 7) is 2.02. The summed E-state index contributed by atoms with van der Waals surface area (Å²) in [5, 5.41) is 15.3. The highest BCUT2D eigenvalue weighted by Gasteiger charge is 2.05. The number of aryl methyl sites for hydroxylation is 1. The molecule has 3 aromatic rings. The Balaban J connectivity index is 1.61. The highest BCUT2D eigenvalue weighted by atomic mass is 16.1. The molecule has 4 nitrogen and oxygen atoms in total. The van der Waals surface area contributed by atoms with Crippen molar-refractivity contribution in [2.24, 2.45) is 0 Å². The second-order valence-electron chi connectivity index (χ2n) is 6.07. The average molecular weight is 341 g/mol. The lowest BCUT2D eigenvalue weighted by Crippen LogP contribution is -2.14. The van der Waals surface area contributed by atoms with Crippen molar-refractivity contribution in [3.8, 4) is 6.07 Å². The van der Waals surface area contributed by atoms with Gasteiger partial charge in [-0.1, -0.05) is 42.0 Å². The molecule has 3 aromatic carbocycles. The third kappa shape index (κ3) is 4.49. The molecule has 0 radical (unpaired) electrons. The average Bonchev–Trinajstić information content (AvgIpc) is 2.65. The number of nitriles is 1. The van der Waals surface area contributed by atoms with Gasteiger partial charge in [-0.3, -0.25) is 4.79 Å². The van der Waals surface area contributed by atoms with Crippen LogP contribution in [-0.4, -0.2) is 5.91 Å². The minimum Gasteiger partial charge on any atom is -0.354 e. The van der Waals surface area contributed by atoms with Crippen LogP contribution in [0.4, 0.5) is 17.1 Å². The van der Waals surface area contributed by atoms with Crippen LogP contribution in [0, 0.1) is 18.3 Å². The van der Waals surface area contributed by atoms with E-state index in [0.29, 0.717) is 12.0 Å². The Labute approximate surface area is 153 Å². The number of hydrogen-bond acceptors (Lipinski definition) is 3. The monoisotopic (exact) mass is 341 g/mol. The number of carbonyl (C=O) groups is 1. The van der Waals surface area contributed by atoms with Gasteiger partial charge in [-0.15, -0.1) is 0 Å². The van der Waals surface area contributed by atoms with Gasteiger partial charge in [0.1, 0.15) is 6.07 Å². The molecule has 0 atom stereocenters. The van der Waals surface area contributed by atoms with Crippen LogP contribution in [0.2, 0.25) is 0 Å². The van der Waals surface area contributed by atoms with Crippen molar-refractivity contribution < 1.29 is 4.79 Å². The lowest BCUT2D eigenvalue weighted by Gasteiger charge is -2.10. The quantitative estimate of drug-likeness (QED) is 0.701. The lowest BCUT2D eigenvalue weighted by molar-refractivity contribution is -0.115. The summed E-state index contributed by atoms with van der Waals surface area (Å²) in [6.07, 6.45) is 0.343. The van der Waals surface area contributed by atoms with E-state index >= 15 is 0 Å². The summed E-state index contributed by atoms with van der Waals surface area (Å²) in [4.78, 5) is 12.2.